The number of aromatic hydroxyl groups is 2. The average Bonchev–Trinajstić information content (AvgIpc) is 3.11. The number of nitrogens with zero attached hydrogens (tertiary/aromatic N) is 1. The topological polar surface area (TPSA) is 52.9 Å². The van der Waals surface area contributed by atoms with Crippen LogP contribution >= 0.6 is 0 Å². The summed E-state index contributed by atoms with van der Waals surface area (Å²) in [4.78, 5) is 2.30. The van der Waals surface area contributed by atoms with Crippen LogP contribution in [0.15, 0.2) is 36.4 Å². The van der Waals surface area contributed by atoms with Crippen LogP contribution in [0.2, 0.25) is 0 Å². The molecule has 0 aliphatic heterocycles. The Balaban J connectivity index is 1.43. The predicted octanol–water partition coefficient (Wildman–Crippen LogP) is 5.47. The van der Waals surface area contributed by atoms with Crippen LogP contribution in [0.3, 0.4) is 0 Å². The van der Waals surface area contributed by atoms with Gasteiger partial charge in [-0.3, -0.25) is 0 Å². The third-order valence-corrected chi connectivity index (χ3v) is 8.56. The van der Waals surface area contributed by atoms with Crippen LogP contribution in [-0.4, -0.2) is 30.4 Å². The molecule has 2 N–H and O–H groups in total. The zero-order valence-electron chi connectivity index (χ0n) is 18.3. The van der Waals surface area contributed by atoms with Crippen molar-refractivity contribution >= 4 is 5.69 Å². The molecule has 30 heavy (non-hydrogen) atoms. The van der Waals surface area contributed by atoms with Gasteiger partial charge in [-0.25, -0.2) is 0 Å². The van der Waals surface area contributed by atoms with Gasteiger partial charge in [-0.15, -0.1) is 0 Å². The minimum atomic E-state index is 0.337. The number of phenolic OH excluding ortho intramolecular Hbond substituents is 2. The summed E-state index contributed by atoms with van der Waals surface area (Å²) in [7, 11) is 3.80. The summed E-state index contributed by atoms with van der Waals surface area (Å²) in [5.74, 6) is 3.27. The maximum Gasteiger partial charge on any atom is 0.138 e. The Morgan fingerprint density at radius 1 is 1.10 bits per heavy atom. The Morgan fingerprint density at radius 2 is 1.90 bits per heavy atom. The highest BCUT2D eigenvalue weighted by molar-refractivity contribution is 5.58. The first-order valence-corrected chi connectivity index (χ1v) is 11.3. The molecule has 2 saturated carbocycles. The highest BCUT2D eigenvalue weighted by Gasteiger charge is 2.54. The first kappa shape index (κ1) is 19.6. The van der Waals surface area contributed by atoms with Crippen molar-refractivity contribution in [1.82, 2.24) is 0 Å². The molecule has 0 unspecified atom stereocenters. The molecular formula is C26H33NO3. The second-order valence-electron chi connectivity index (χ2n) is 10.0. The molecule has 5 rings (SSSR count). The second kappa shape index (κ2) is 7.11. The van der Waals surface area contributed by atoms with Gasteiger partial charge < -0.3 is 19.8 Å². The van der Waals surface area contributed by atoms with Crippen molar-refractivity contribution in [3.05, 3.63) is 47.5 Å². The largest absolute Gasteiger partial charge is 0.508 e. The quantitative estimate of drug-likeness (QED) is 0.709. The van der Waals surface area contributed by atoms with Crippen LogP contribution in [0.5, 0.6) is 17.2 Å². The van der Waals surface area contributed by atoms with Crippen molar-refractivity contribution in [1.29, 1.82) is 0 Å². The van der Waals surface area contributed by atoms with Gasteiger partial charge >= 0.3 is 0 Å². The number of aryl methyl sites for hydroxylation is 1. The molecule has 3 aliphatic carbocycles. The van der Waals surface area contributed by atoms with Crippen molar-refractivity contribution in [3.63, 3.8) is 0 Å². The van der Waals surface area contributed by atoms with Crippen molar-refractivity contribution < 1.29 is 14.9 Å². The molecule has 0 amide bonds. The van der Waals surface area contributed by atoms with E-state index < -0.39 is 0 Å². The summed E-state index contributed by atoms with van der Waals surface area (Å²) >= 11 is 0. The SMILES string of the molecule is COc1cc(O)c2c(c1)CC[C@@H]1[C@@H]2CC[C@]2(C)C[C@H](N(C)c3ccccc3O)C[C@@H]12. The normalized spacial score (nSPS) is 32.1. The van der Waals surface area contributed by atoms with Crippen LogP contribution < -0.4 is 9.64 Å². The number of para-hydroxylation sites is 2. The van der Waals surface area contributed by atoms with E-state index in [0.717, 1.165) is 30.7 Å². The molecule has 2 fully saturated rings. The fourth-order valence-electron chi connectivity index (χ4n) is 7.07. The first-order valence-electron chi connectivity index (χ1n) is 11.3. The molecule has 0 radical (unpaired) electrons. The van der Waals surface area contributed by atoms with E-state index >= 15 is 0 Å². The summed E-state index contributed by atoms with van der Waals surface area (Å²) in [6.07, 6.45) is 6.90. The fourth-order valence-corrected chi connectivity index (χ4v) is 7.07. The van der Waals surface area contributed by atoms with Crippen molar-refractivity contribution in [2.45, 2.75) is 57.4 Å². The van der Waals surface area contributed by atoms with E-state index in [0.29, 0.717) is 40.7 Å². The third-order valence-electron chi connectivity index (χ3n) is 8.56. The molecule has 4 heteroatoms. The van der Waals surface area contributed by atoms with Crippen LogP contribution in [-0.2, 0) is 6.42 Å². The number of fused-ring (bicyclic) bond motifs is 5. The molecule has 0 bridgehead atoms. The number of rotatable bonds is 3. The number of ether oxygens (including phenoxy) is 1. The lowest BCUT2D eigenvalue weighted by Crippen LogP contribution is -2.39. The Morgan fingerprint density at radius 3 is 2.67 bits per heavy atom. The summed E-state index contributed by atoms with van der Waals surface area (Å²) in [5.41, 5.74) is 3.73. The number of phenols is 2. The van der Waals surface area contributed by atoms with Crippen molar-refractivity contribution in [3.8, 4) is 17.2 Å². The number of methoxy groups -OCH3 is 1. The zero-order chi connectivity index (χ0) is 21.0. The molecule has 160 valence electrons. The molecule has 4 nitrogen and oxygen atoms in total. The summed E-state index contributed by atoms with van der Waals surface area (Å²) in [5, 5.41) is 21.2. The Hall–Kier alpha value is -2.36. The molecule has 0 spiro atoms. The smallest absolute Gasteiger partial charge is 0.138 e. The number of hydrogen-bond donors (Lipinski definition) is 2. The van der Waals surface area contributed by atoms with E-state index in [1.807, 2.05) is 18.2 Å². The minimum Gasteiger partial charge on any atom is -0.508 e. The van der Waals surface area contributed by atoms with E-state index in [-0.39, 0.29) is 0 Å². The van der Waals surface area contributed by atoms with Gasteiger partial charge in [0.2, 0.25) is 0 Å². The maximum absolute atomic E-state index is 10.8. The van der Waals surface area contributed by atoms with Crippen LogP contribution in [0, 0.1) is 17.3 Å². The van der Waals surface area contributed by atoms with Crippen LogP contribution in [0.4, 0.5) is 5.69 Å². The summed E-state index contributed by atoms with van der Waals surface area (Å²) < 4.78 is 5.39. The number of anilines is 1. The Bertz CT molecular complexity index is 957. The van der Waals surface area contributed by atoms with E-state index in [1.54, 1.807) is 19.2 Å². The highest BCUT2D eigenvalue weighted by atomic mass is 16.5. The van der Waals surface area contributed by atoms with Crippen LogP contribution in [0.25, 0.3) is 0 Å². The first-order chi connectivity index (χ1) is 14.4. The van der Waals surface area contributed by atoms with Gasteiger partial charge in [0.1, 0.15) is 17.2 Å². The van der Waals surface area contributed by atoms with E-state index in [2.05, 4.69) is 24.9 Å². The lowest BCUT2D eigenvalue weighted by atomic mass is 9.56. The molecular weight excluding hydrogens is 374 g/mol. The molecule has 5 atom stereocenters. The summed E-state index contributed by atoms with van der Waals surface area (Å²) in [6, 6.07) is 12.0. The van der Waals surface area contributed by atoms with Gasteiger partial charge in [0.25, 0.3) is 0 Å². The molecule has 3 aliphatic rings. The molecule has 2 aromatic rings. The van der Waals surface area contributed by atoms with E-state index in [9.17, 15) is 10.2 Å². The van der Waals surface area contributed by atoms with Crippen molar-refractivity contribution in [2.24, 2.45) is 17.3 Å². The highest BCUT2D eigenvalue weighted by Crippen LogP contribution is 2.62. The molecule has 0 heterocycles. The van der Waals surface area contributed by atoms with E-state index in [4.69, 9.17) is 4.74 Å². The third kappa shape index (κ3) is 2.95. The average molecular weight is 408 g/mol. The maximum atomic E-state index is 10.8. The fraction of sp³-hybridized carbons (Fsp3) is 0.538. The lowest BCUT2D eigenvalue weighted by Gasteiger charge is -2.49. The zero-order valence-corrected chi connectivity index (χ0v) is 18.3. The van der Waals surface area contributed by atoms with E-state index in [1.165, 1.54) is 30.4 Å². The number of benzene rings is 2. The molecule has 0 aromatic heterocycles. The Kier molecular flexibility index (Phi) is 4.64. The monoisotopic (exact) mass is 407 g/mol. The van der Waals surface area contributed by atoms with Gasteiger partial charge in [0, 0.05) is 24.7 Å². The minimum absolute atomic E-state index is 0.337. The van der Waals surface area contributed by atoms with Gasteiger partial charge in [0.05, 0.1) is 12.8 Å². The molecule has 2 aromatic carbocycles. The van der Waals surface area contributed by atoms with Crippen LogP contribution in [0.1, 0.15) is 56.1 Å². The van der Waals surface area contributed by atoms with Gasteiger partial charge in [-0.2, -0.15) is 0 Å². The van der Waals surface area contributed by atoms with Crippen molar-refractivity contribution in [2.75, 3.05) is 19.1 Å². The second-order valence-corrected chi connectivity index (χ2v) is 10.0. The summed E-state index contributed by atoms with van der Waals surface area (Å²) in [6.45, 7) is 2.48. The standard InChI is InChI=1S/C26H33NO3/c1-26-11-10-20-19(9-8-16-12-18(30-3)14-24(29)25(16)20)21(26)13-17(15-26)27(2)22-6-4-5-7-23(22)28/h4-7,12,14,17,19-21,28-29H,8-11,13,15H2,1-3H3/t17-,19-,20+,21+,26-/m1/s1. The lowest BCUT2D eigenvalue weighted by molar-refractivity contribution is 0.0588. The van der Waals surface area contributed by atoms with Gasteiger partial charge in [0.15, 0.2) is 0 Å². The molecule has 0 saturated heterocycles. The van der Waals surface area contributed by atoms with Gasteiger partial charge in [-0.05, 0) is 85.5 Å². The Labute approximate surface area is 179 Å². The number of hydrogen-bond acceptors (Lipinski definition) is 4. The predicted molar refractivity (Wildman–Crippen MR) is 120 cm³/mol. The van der Waals surface area contributed by atoms with Gasteiger partial charge in [-0.1, -0.05) is 19.1 Å².